The van der Waals surface area contributed by atoms with Crippen LogP contribution in [0.3, 0.4) is 0 Å². The van der Waals surface area contributed by atoms with Crippen LogP contribution in [-0.2, 0) is 11.2 Å². The van der Waals surface area contributed by atoms with Gasteiger partial charge in [-0.2, -0.15) is 5.10 Å². The summed E-state index contributed by atoms with van der Waals surface area (Å²) in [6.45, 7) is 0.751. The maximum atomic E-state index is 13.4. The van der Waals surface area contributed by atoms with E-state index in [2.05, 4.69) is 15.4 Å². The summed E-state index contributed by atoms with van der Waals surface area (Å²) in [6.07, 6.45) is 7.76. The summed E-state index contributed by atoms with van der Waals surface area (Å²) < 4.78 is 28.5. The van der Waals surface area contributed by atoms with Crippen LogP contribution in [0.4, 0.5) is 8.78 Å². The fourth-order valence-corrected chi connectivity index (χ4v) is 4.35. The van der Waals surface area contributed by atoms with E-state index in [1.54, 1.807) is 16.9 Å². The summed E-state index contributed by atoms with van der Waals surface area (Å²) in [5.74, 6) is -2.47. The summed E-state index contributed by atoms with van der Waals surface area (Å²) >= 11 is 0. The van der Waals surface area contributed by atoms with Crippen molar-refractivity contribution in [1.82, 2.24) is 19.9 Å². The number of carbonyl (C=O) groups excluding carboxylic acids is 1. The van der Waals surface area contributed by atoms with Gasteiger partial charge in [0.05, 0.1) is 24.1 Å². The van der Waals surface area contributed by atoms with Crippen molar-refractivity contribution in [1.29, 1.82) is 0 Å². The van der Waals surface area contributed by atoms with Crippen LogP contribution in [0, 0.1) is 11.8 Å². The first-order valence-electron chi connectivity index (χ1n) is 10.2. The smallest absolute Gasteiger partial charge is 0.248 e. The molecule has 2 aromatic rings. The van der Waals surface area contributed by atoms with E-state index in [-0.39, 0.29) is 36.6 Å². The van der Waals surface area contributed by atoms with Crippen molar-refractivity contribution in [2.45, 2.75) is 63.3 Å². The average molecular weight is 391 g/mol. The van der Waals surface area contributed by atoms with Gasteiger partial charge in [-0.1, -0.05) is 6.42 Å². The Morgan fingerprint density at radius 1 is 1.29 bits per heavy atom. The highest BCUT2D eigenvalue weighted by atomic mass is 19.3. The predicted octanol–water partition coefficient (Wildman–Crippen LogP) is 3.01. The average Bonchev–Trinajstić information content (AvgIpc) is 2.99. The zero-order chi connectivity index (χ0) is 19.7. The lowest BCUT2D eigenvalue weighted by atomic mass is 9.81. The Hall–Kier alpha value is -2.09. The van der Waals surface area contributed by atoms with Crippen molar-refractivity contribution in [2.24, 2.45) is 17.6 Å². The zero-order valence-corrected chi connectivity index (χ0v) is 15.9. The molecule has 3 N–H and O–H groups in total. The van der Waals surface area contributed by atoms with Gasteiger partial charge in [0, 0.05) is 25.3 Å². The minimum absolute atomic E-state index is 0.0127. The lowest BCUT2D eigenvalue weighted by Gasteiger charge is -2.31. The van der Waals surface area contributed by atoms with Crippen molar-refractivity contribution in [3.05, 3.63) is 29.7 Å². The van der Waals surface area contributed by atoms with Gasteiger partial charge in [0.15, 0.2) is 5.65 Å². The van der Waals surface area contributed by atoms with Gasteiger partial charge in [0.2, 0.25) is 11.8 Å². The Kier molecular flexibility index (Phi) is 5.31. The molecule has 1 saturated carbocycles. The van der Waals surface area contributed by atoms with E-state index in [0.717, 1.165) is 31.4 Å². The van der Waals surface area contributed by atoms with E-state index in [4.69, 9.17) is 5.73 Å². The van der Waals surface area contributed by atoms with E-state index in [1.165, 1.54) is 0 Å². The molecule has 152 valence electrons. The Labute approximate surface area is 162 Å². The lowest BCUT2D eigenvalue weighted by molar-refractivity contribution is -0.124. The van der Waals surface area contributed by atoms with Crippen LogP contribution in [0.5, 0.6) is 0 Å². The van der Waals surface area contributed by atoms with Crippen LogP contribution in [0.2, 0.25) is 0 Å². The SMILES string of the molecule is N[C@H](c1cn2ncc(CC3CCCCNC3=O)cc2n1)C1CCC(F)(F)CC1. The summed E-state index contributed by atoms with van der Waals surface area (Å²) in [6, 6.07) is 1.57. The molecular weight excluding hydrogens is 364 g/mol. The number of amides is 1. The van der Waals surface area contributed by atoms with E-state index >= 15 is 0 Å². The highest BCUT2D eigenvalue weighted by Crippen LogP contribution is 2.40. The predicted molar refractivity (Wildman–Crippen MR) is 101 cm³/mol. The highest BCUT2D eigenvalue weighted by Gasteiger charge is 2.37. The minimum Gasteiger partial charge on any atom is -0.356 e. The summed E-state index contributed by atoms with van der Waals surface area (Å²) in [7, 11) is 0. The normalized spacial score (nSPS) is 24.7. The molecule has 28 heavy (non-hydrogen) atoms. The van der Waals surface area contributed by atoms with Crippen molar-refractivity contribution in [3.63, 3.8) is 0 Å². The molecule has 1 saturated heterocycles. The van der Waals surface area contributed by atoms with Crippen molar-refractivity contribution in [2.75, 3.05) is 6.54 Å². The number of nitrogens with one attached hydrogen (secondary N) is 1. The maximum absolute atomic E-state index is 13.4. The number of rotatable bonds is 4. The molecule has 0 bridgehead atoms. The van der Waals surface area contributed by atoms with E-state index in [9.17, 15) is 13.6 Å². The number of hydrogen-bond acceptors (Lipinski definition) is 4. The molecular formula is C20H27F2N5O. The number of fused-ring (bicyclic) bond motifs is 1. The highest BCUT2D eigenvalue weighted by molar-refractivity contribution is 5.79. The number of hydrogen-bond donors (Lipinski definition) is 2. The minimum atomic E-state index is -2.56. The molecule has 1 amide bonds. The topological polar surface area (TPSA) is 85.3 Å². The summed E-state index contributed by atoms with van der Waals surface area (Å²) in [4.78, 5) is 16.8. The Balaban J connectivity index is 1.48. The summed E-state index contributed by atoms with van der Waals surface area (Å²) in [5, 5.41) is 7.38. The fraction of sp³-hybridized carbons (Fsp3) is 0.650. The van der Waals surface area contributed by atoms with Gasteiger partial charge in [-0.15, -0.1) is 0 Å². The second-order valence-corrected chi connectivity index (χ2v) is 8.24. The van der Waals surface area contributed by atoms with Gasteiger partial charge in [-0.3, -0.25) is 4.79 Å². The van der Waals surface area contributed by atoms with Gasteiger partial charge in [-0.25, -0.2) is 18.3 Å². The quantitative estimate of drug-likeness (QED) is 0.839. The molecule has 6 nitrogen and oxygen atoms in total. The van der Waals surface area contributed by atoms with Gasteiger partial charge < -0.3 is 11.1 Å². The molecule has 2 aromatic heterocycles. The van der Waals surface area contributed by atoms with E-state index in [1.807, 2.05) is 6.07 Å². The molecule has 1 unspecified atom stereocenters. The van der Waals surface area contributed by atoms with Gasteiger partial charge in [0.25, 0.3) is 0 Å². The standard InChI is InChI=1S/C20H27F2N5O/c21-20(22)6-4-14(5-7-20)18(23)16-12-27-17(26-16)10-13(11-25-27)9-15-3-1-2-8-24-19(15)28/h10-12,14-15,18H,1-9,23H2,(H,24,28)/t15?,18-/m0/s1. The third-order valence-corrected chi connectivity index (χ3v) is 6.14. The van der Waals surface area contributed by atoms with Crippen molar-refractivity contribution in [3.8, 4) is 0 Å². The van der Waals surface area contributed by atoms with E-state index < -0.39 is 5.92 Å². The molecule has 2 fully saturated rings. The fourth-order valence-electron chi connectivity index (χ4n) is 4.35. The van der Waals surface area contributed by atoms with Crippen LogP contribution in [0.15, 0.2) is 18.5 Å². The van der Waals surface area contributed by atoms with Gasteiger partial charge in [0.1, 0.15) is 0 Å². The van der Waals surface area contributed by atoms with Crippen LogP contribution >= 0.6 is 0 Å². The molecule has 0 spiro atoms. The maximum Gasteiger partial charge on any atom is 0.248 e. The van der Waals surface area contributed by atoms with Gasteiger partial charge in [-0.05, 0) is 49.7 Å². The number of nitrogens with zero attached hydrogens (tertiary/aromatic N) is 3. The molecule has 2 atom stereocenters. The number of aromatic nitrogens is 3. The van der Waals surface area contributed by atoms with Crippen molar-refractivity contribution < 1.29 is 13.6 Å². The number of nitrogens with two attached hydrogens (primary N) is 1. The first-order valence-corrected chi connectivity index (χ1v) is 10.2. The largest absolute Gasteiger partial charge is 0.356 e. The molecule has 0 aromatic carbocycles. The third-order valence-electron chi connectivity index (χ3n) is 6.14. The van der Waals surface area contributed by atoms with Crippen LogP contribution < -0.4 is 11.1 Å². The number of carbonyl (C=O) groups is 1. The Morgan fingerprint density at radius 3 is 2.86 bits per heavy atom. The second-order valence-electron chi connectivity index (χ2n) is 8.24. The van der Waals surface area contributed by atoms with Crippen LogP contribution in [-0.4, -0.2) is 33.0 Å². The lowest BCUT2D eigenvalue weighted by Crippen LogP contribution is -2.31. The molecule has 0 radical (unpaired) electrons. The van der Waals surface area contributed by atoms with Crippen LogP contribution in [0.1, 0.15) is 62.2 Å². The van der Waals surface area contributed by atoms with Gasteiger partial charge >= 0.3 is 0 Å². The molecule has 1 aliphatic heterocycles. The monoisotopic (exact) mass is 391 g/mol. The number of alkyl halides is 2. The molecule has 2 aliphatic rings. The first-order chi connectivity index (χ1) is 13.4. The molecule has 8 heteroatoms. The Morgan fingerprint density at radius 2 is 2.07 bits per heavy atom. The second kappa shape index (κ2) is 7.73. The first kappa shape index (κ1) is 19.2. The Bertz CT molecular complexity index is 842. The van der Waals surface area contributed by atoms with Crippen LogP contribution in [0.25, 0.3) is 5.65 Å². The summed E-state index contributed by atoms with van der Waals surface area (Å²) in [5.41, 5.74) is 8.68. The number of halogens is 2. The zero-order valence-electron chi connectivity index (χ0n) is 15.9. The number of imidazole rings is 1. The third kappa shape index (κ3) is 4.16. The molecule has 3 heterocycles. The molecule has 4 rings (SSSR count). The van der Waals surface area contributed by atoms with E-state index in [0.29, 0.717) is 30.6 Å². The van der Waals surface area contributed by atoms with Crippen molar-refractivity contribution >= 4 is 11.6 Å². The molecule has 1 aliphatic carbocycles.